The first-order valence-electron chi connectivity index (χ1n) is 7.73. The number of hydrogen-bond acceptors (Lipinski definition) is 7. The van der Waals surface area contributed by atoms with Gasteiger partial charge in [-0.25, -0.2) is 9.97 Å². The molecule has 4 rings (SSSR count). The molecule has 0 aliphatic carbocycles. The van der Waals surface area contributed by atoms with Gasteiger partial charge in [-0.15, -0.1) is 10.2 Å². The molecule has 3 aromatic heterocycles. The predicted molar refractivity (Wildman–Crippen MR) is 85.9 cm³/mol. The van der Waals surface area contributed by atoms with Crippen molar-refractivity contribution in [2.24, 2.45) is 0 Å². The fourth-order valence-electron chi connectivity index (χ4n) is 3.08. The van der Waals surface area contributed by atoms with Gasteiger partial charge in [-0.05, 0) is 25.0 Å². The molecule has 0 aromatic carbocycles. The Balaban J connectivity index is 1.58. The van der Waals surface area contributed by atoms with Crippen molar-refractivity contribution < 1.29 is 4.92 Å². The number of fused-ring (bicyclic) bond motifs is 1. The normalized spacial score (nSPS) is 18.0. The van der Waals surface area contributed by atoms with Crippen molar-refractivity contribution in [3.05, 3.63) is 52.7 Å². The zero-order valence-electron chi connectivity index (χ0n) is 12.8. The fourth-order valence-corrected chi connectivity index (χ4v) is 3.08. The van der Waals surface area contributed by atoms with Gasteiger partial charge < -0.3 is 4.90 Å². The molecule has 0 saturated carbocycles. The first kappa shape index (κ1) is 14.5. The van der Waals surface area contributed by atoms with Crippen molar-refractivity contribution in [2.75, 3.05) is 18.0 Å². The van der Waals surface area contributed by atoms with Crippen molar-refractivity contribution in [3.63, 3.8) is 0 Å². The Morgan fingerprint density at radius 2 is 2.04 bits per heavy atom. The second kappa shape index (κ2) is 5.84. The predicted octanol–water partition coefficient (Wildman–Crippen LogP) is 1.81. The molecule has 1 unspecified atom stereocenters. The highest BCUT2D eigenvalue weighted by Gasteiger charge is 2.26. The van der Waals surface area contributed by atoms with Crippen molar-refractivity contribution in [3.8, 4) is 0 Å². The SMILES string of the molecule is O=[N+]([O-])c1cnc(N2CCCC(c3nnc4ccccn34)C2)nc1. The Morgan fingerprint density at radius 1 is 1.21 bits per heavy atom. The molecule has 0 bridgehead atoms. The van der Waals surface area contributed by atoms with E-state index in [1.807, 2.05) is 33.7 Å². The smallest absolute Gasteiger partial charge is 0.305 e. The molecule has 1 atom stereocenters. The maximum atomic E-state index is 10.7. The Morgan fingerprint density at radius 3 is 2.83 bits per heavy atom. The summed E-state index contributed by atoms with van der Waals surface area (Å²) in [7, 11) is 0. The van der Waals surface area contributed by atoms with Crippen molar-refractivity contribution in [2.45, 2.75) is 18.8 Å². The number of nitrogens with zero attached hydrogens (tertiary/aromatic N) is 7. The van der Waals surface area contributed by atoms with Crippen LogP contribution in [0.25, 0.3) is 5.65 Å². The second-order valence-corrected chi connectivity index (χ2v) is 5.77. The lowest BCUT2D eigenvalue weighted by Crippen LogP contribution is -2.36. The van der Waals surface area contributed by atoms with E-state index >= 15 is 0 Å². The van der Waals surface area contributed by atoms with E-state index < -0.39 is 4.92 Å². The molecule has 0 amide bonds. The number of anilines is 1. The number of aromatic nitrogens is 5. The van der Waals surface area contributed by atoms with Crippen LogP contribution in [-0.4, -0.2) is 42.6 Å². The van der Waals surface area contributed by atoms with Crippen LogP contribution in [0.1, 0.15) is 24.6 Å². The number of nitro groups is 1. The van der Waals surface area contributed by atoms with Gasteiger partial charge in [-0.3, -0.25) is 14.5 Å². The molecule has 24 heavy (non-hydrogen) atoms. The van der Waals surface area contributed by atoms with Gasteiger partial charge >= 0.3 is 5.69 Å². The van der Waals surface area contributed by atoms with Gasteiger partial charge in [0.2, 0.25) is 5.95 Å². The summed E-state index contributed by atoms with van der Waals surface area (Å²) in [5.74, 6) is 1.66. The number of pyridine rings is 1. The van der Waals surface area contributed by atoms with Gasteiger partial charge in [-0.2, -0.15) is 0 Å². The van der Waals surface area contributed by atoms with Gasteiger partial charge in [0.15, 0.2) is 5.65 Å². The maximum Gasteiger partial charge on any atom is 0.305 e. The molecule has 4 heterocycles. The van der Waals surface area contributed by atoms with Gasteiger partial charge in [0.25, 0.3) is 0 Å². The van der Waals surface area contributed by atoms with Crippen LogP contribution in [-0.2, 0) is 0 Å². The standard InChI is InChI=1S/C15H15N7O2/c23-22(24)12-8-16-15(17-9-12)20-6-3-4-11(10-20)14-19-18-13-5-1-2-7-21(13)14/h1-2,5,7-9,11H,3-4,6,10H2. The van der Waals surface area contributed by atoms with Crippen LogP contribution in [0.4, 0.5) is 11.6 Å². The molecule has 9 nitrogen and oxygen atoms in total. The average molecular weight is 325 g/mol. The molecule has 3 aromatic rings. The average Bonchev–Trinajstić information content (AvgIpc) is 3.06. The van der Waals surface area contributed by atoms with Gasteiger partial charge in [0.1, 0.15) is 18.2 Å². The molecular formula is C15H15N7O2. The van der Waals surface area contributed by atoms with E-state index in [4.69, 9.17) is 0 Å². The lowest BCUT2D eigenvalue weighted by Gasteiger charge is -2.31. The zero-order chi connectivity index (χ0) is 16.5. The Bertz CT molecular complexity index is 877. The number of hydrogen-bond donors (Lipinski definition) is 0. The Hall–Kier alpha value is -3.10. The molecular weight excluding hydrogens is 310 g/mol. The Labute approximate surface area is 137 Å². The van der Waals surface area contributed by atoms with Crippen LogP contribution in [0.2, 0.25) is 0 Å². The summed E-state index contributed by atoms with van der Waals surface area (Å²) >= 11 is 0. The highest BCUT2D eigenvalue weighted by atomic mass is 16.6. The van der Waals surface area contributed by atoms with Crippen molar-refractivity contribution in [1.29, 1.82) is 0 Å². The lowest BCUT2D eigenvalue weighted by atomic mass is 9.97. The van der Waals surface area contributed by atoms with Crippen molar-refractivity contribution in [1.82, 2.24) is 24.6 Å². The fraction of sp³-hybridized carbons (Fsp3) is 0.333. The first-order valence-corrected chi connectivity index (χ1v) is 7.73. The third-order valence-corrected chi connectivity index (χ3v) is 4.24. The molecule has 0 spiro atoms. The minimum atomic E-state index is -0.495. The highest BCUT2D eigenvalue weighted by Crippen LogP contribution is 2.28. The first-order chi connectivity index (χ1) is 11.7. The third-order valence-electron chi connectivity index (χ3n) is 4.24. The van der Waals surface area contributed by atoms with Gasteiger partial charge in [-0.1, -0.05) is 6.07 Å². The van der Waals surface area contributed by atoms with E-state index in [0.717, 1.165) is 30.9 Å². The third kappa shape index (κ3) is 2.53. The molecule has 0 N–H and O–H groups in total. The van der Waals surface area contributed by atoms with Crippen LogP contribution < -0.4 is 4.90 Å². The summed E-state index contributed by atoms with van der Waals surface area (Å²) in [6.07, 6.45) is 6.45. The minimum absolute atomic E-state index is 0.101. The molecule has 1 aliphatic rings. The maximum absolute atomic E-state index is 10.7. The van der Waals surface area contributed by atoms with E-state index in [2.05, 4.69) is 20.2 Å². The quantitative estimate of drug-likeness (QED) is 0.534. The number of rotatable bonds is 3. The minimum Gasteiger partial charge on any atom is -0.340 e. The summed E-state index contributed by atoms with van der Waals surface area (Å²) in [4.78, 5) is 20.5. The van der Waals surface area contributed by atoms with E-state index in [9.17, 15) is 10.1 Å². The van der Waals surface area contributed by atoms with E-state index in [1.165, 1.54) is 12.4 Å². The summed E-state index contributed by atoms with van der Waals surface area (Å²) in [6.45, 7) is 1.54. The zero-order valence-corrected chi connectivity index (χ0v) is 12.8. The lowest BCUT2D eigenvalue weighted by molar-refractivity contribution is -0.385. The van der Waals surface area contributed by atoms with Crippen molar-refractivity contribution >= 4 is 17.3 Å². The molecule has 122 valence electrons. The van der Waals surface area contributed by atoms with Crippen LogP contribution in [0, 0.1) is 10.1 Å². The summed E-state index contributed by atoms with van der Waals surface area (Å²) < 4.78 is 2.00. The van der Waals surface area contributed by atoms with Crippen LogP contribution >= 0.6 is 0 Å². The van der Waals surface area contributed by atoms with Crippen LogP contribution in [0.3, 0.4) is 0 Å². The molecule has 1 saturated heterocycles. The van der Waals surface area contributed by atoms with Gasteiger partial charge in [0, 0.05) is 25.2 Å². The molecule has 1 fully saturated rings. The summed E-state index contributed by atoms with van der Waals surface area (Å²) in [5.41, 5.74) is 0.729. The van der Waals surface area contributed by atoms with E-state index in [-0.39, 0.29) is 11.6 Å². The molecule has 9 heteroatoms. The van der Waals surface area contributed by atoms with Gasteiger partial charge in [0.05, 0.1) is 4.92 Å². The monoisotopic (exact) mass is 325 g/mol. The summed E-state index contributed by atoms with van der Waals surface area (Å²) in [6, 6.07) is 5.82. The van der Waals surface area contributed by atoms with E-state index in [0.29, 0.717) is 12.5 Å². The topological polar surface area (TPSA) is 102 Å². The largest absolute Gasteiger partial charge is 0.340 e. The highest BCUT2D eigenvalue weighted by molar-refractivity contribution is 5.39. The van der Waals surface area contributed by atoms with E-state index in [1.54, 1.807) is 0 Å². The second-order valence-electron chi connectivity index (χ2n) is 5.77. The van der Waals surface area contributed by atoms with Crippen LogP contribution in [0.15, 0.2) is 36.8 Å². The van der Waals surface area contributed by atoms with Crippen LogP contribution in [0.5, 0.6) is 0 Å². The molecule has 0 radical (unpaired) electrons. The number of piperidine rings is 1. The Kier molecular flexibility index (Phi) is 3.52. The molecule has 1 aliphatic heterocycles. The summed E-state index contributed by atoms with van der Waals surface area (Å²) in [5, 5.41) is 19.3.